The average Bonchev–Trinajstić information content (AvgIpc) is 2.75. The Morgan fingerprint density at radius 1 is 1.22 bits per heavy atom. The van der Waals surface area contributed by atoms with E-state index in [1.807, 2.05) is 30.3 Å². The smallest absolute Gasteiger partial charge is 0.309 e. The van der Waals surface area contributed by atoms with Gasteiger partial charge in [-0.1, -0.05) is 43.7 Å². The standard InChI is InChI=1S/C25H34ClN3O3/c1-17-8-9-21(30)22(18(17)2)27-23(19-6-5-7-20(26)16-19)29-14-12-28(13-15-29)11-10-25(3,4)24(31)32/h5-9,16-18,30H,10-15H2,1-4H3,(H,31,32). The largest absolute Gasteiger partial charge is 0.506 e. The zero-order valence-corrected chi connectivity index (χ0v) is 20.1. The molecule has 0 amide bonds. The number of carbonyl (C=O) groups is 1. The van der Waals surface area contributed by atoms with Gasteiger partial charge < -0.3 is 15.1 Å². The van der Waals surface area contributed by atoms with Crippen molar-refractivity contribution in [2.75, 3.05) is 32.7 Å². The average molecular weight is 460 g/mol. The van der Waals surface area contributed by atoms with Crippen molar-refractivity contribution in [1.29, 1.82) is 0 Å². The van der Waals surface area contributed by atoms with Crippen molar-refractivity contribution in [1.82, 2.24) is 9.80 Å². The van der Waals surface area contributed by atoms with E-state index in [1.54, 1.807) is 19.9 Å². The maximum atomic E-state index is 11.4. The minimum Gasteiger partial charge on any atom is -0.506 e. The zero-order valence-electron chi connectivity index (χ0n) is 19.4. The molecule has 1 aliphatic heterocycles. The zero-order chi connectivity index (χ0) is 23.5. The Bertz CT molecular complexity index is 930. The third-order valence-electron chi connectivity index (χ3n) is 6.65. The molecule has 1 aromatic carbocycles. The summed E-state index contributed by atoms with van der Waals surface area (Å²) in [5.74, 6) is 0.663. The molecule has 2 aliphatic rings. The van der Waals surface area contributed by atoms with E-state index in [0.29, 0.717) is 23.1 Å². The first-order chi connectivity index (χ1) is 15.1. The number of allylic oxidation sites excluding steroid dienone is 3. The van der Waals surface area contributed by atoms with Crippen LogP contribution in [0, 0.1) is 17.3 Å². The summed E-state index contributed by atoms with van der Waals surface area (Å²) in [6.07, 6.45) is 4.36. The summed E-state index contributed by atoms with van der Waals surface area (Å²) in [6, 6.07) is 7.66. The molecule has 1 aromatic rings. The number of piperazine rings is 1. The highest BCUT2D eigenvalue weighted by atomic mass is 35.5. The van der Waals surface area contributed by atoms with Crippen molar-refractivity contribution in [2.45, 2.75) is 34.1 Å². The molecule has 7 heteroatoms. The molecule has 174 valence electrons. The van der Waals surface area contributed by atoms with Gasteiger partial charge in [0.15, 0.2) is 0 Å². The van der Waals surface area contributed by atoms with Crippen LogP contribution in [-0.2, 0) is 4.79 Å². The van der Waals surface area contributed by atoms with Crippen molar-refractivity contribution in [3.63, 3.8) is 0 Å². The van der Waals surface area contributed by atoms with Crippen molar-refractivity contribution in [3.05, 3.63) is 58.5 Å². The van der Waals surface area contributed by atoms with Crippen molar-refractivity contribution < 1.29 is 15.0 Å². The van der Waals surface area contributed by atoms with Crippen LogP contribution in [-0.4, -0.2) is 64.5 Å². The minimum absolute atomic E-state index is 0.105. The van der Waals surface area contributed by atoms with Gasteiger partial charge in [0.1, 0.15) is 11.6 Å². The number of amidine groups is 1. The molecule has 0 spiro atoms. The van der Waals surface area contributed by atoms with Gasteiger partial charge in [-0.15, -0.1) is 0 Å². The molecule has 0 saturated carbocycles. The Labute approximate surface area is 195 Å². The van der Waals surface area contributed by atoms with Crippen LogP contribution in [0.3, 0.4) is 0 Å². The van der Waals surface area contributed by atoms with Crippen molar-refractivity contribution >= 4 is 23.4 Å². The first-order valence-corrected chi connectivity index (χ1v) is 11.6. The summed E-state index contributed by atoms with van der Waals surface area (Å²) in [4.78, 5) is 20.9. The number of hydrogen-bond donors (Lipinski definition) is 2. The van der Waals surface area contributed by atoms with E-state index >= 15 is 0 Å². The van der Waals surface area contributed by atoms with E-state index in [4.69, 9.17) is 16.6 Å². The van der Waals surface area contributed by atoms with Gasteiger partial charge in [-0.25, -0.2) is 4.99 Å². The van der Waals surface area contributed by atoms with Crippen LogP contribution in [0.15, 0.2) is 52.9 Å². The van der Waals surface area contributed by atoms with Crippen LogP contribution < -0.4 is 0 Å². The van der Waals surface area contributed by atoms with Crippen LogP contribution >= 0.6 is 11.6 Å². The molecular formula is C25H34ClN3O3. The number of halogens is 1. The molecule has 2 unspecified atom stereocenters. The summed E-state index contributed by atoms with van der Waals surface area (Å²) in [7, 11) is 0. The first kappa shape index (κ1) is 24.3. The number of aliphatic hydroxyl groups excluding tert-OH is 1. The Morgan fingerprint density at radius 3 is 2.53 bits per heavy atom. The van der Waals surface area contributed by atoms with Crippen molar-refractivity contribution in [3.8, 4) is 0 Å². The fourth-order valence-electron chi connectivity index (χ4n) is 3.92. The molecule has 0 bridgehead atoms. The molecule has 1 fully saturated rings. The molecule has 1 aliphatic carbocycles. The number of carboxylic acid groups (broad SMARTS) is 1. The number of aliphatic imine (C=N–C) groups is 1. The summed E-state index contributed by atoms with van der Waals surface area (Å²) < 4.78 is 0. The number of benzene rings is 1. The minimum atomic E-state index is -0.760. The number of carboxylic acids is 1. The summed E-state index contributed by atoms with van der Waals surface area (Å²) in [5.41, 5.74) is 0.892. The highest BCUT2D eigenvalue weighted by Gasteiger charge is 2.29. The molecule has 1 heterocycles. The lowest BCUT2D eigenvalue weighted by Crippen LogP contribution is -2.49. The van der Waals surface area contributed by atoms with Gasteiger partial charge in [-0.3, -0.25) is 9.69 Å². The van der Waals surface area contributed by atoms with Gasteiger partial charge in [0.05, 0.1) is 11.1 Å². The van der Waals surface area contributed by atoms with E-state index in [0.717, 1.165) is 44.1 Å². The van der Waals surface area contributed by atoms with Gasteiger partial charge in [0.25, 0.3) is 0 Å². The predicted molar refractivity (Wildman–Crippen MR) is 129 cm³/mol. The Morgan fingerprint density at radius 2 is 1.91 bits per heavy atom. The summed E-state index contributed by atoms with van der Waals surface area (Å²) in [6.45, 7) is 11.7. The number of aliphatic carboxylic acids is 1. The molecule has 2 N–H and O–H groups in total. The van der Waals surface area contributed by atoms with Gasteiger partial charge in [0.2, 0.25) is 0 Å². The first-order valence-electron chi connectivity index (χ1n) is 11.2. The molecule has 3 rings (SSSR count). The summed E-state index contributed by atoms with van der Waals surface area (Å²) in [5, 5.41) is 20.5. The second-order valence-electron chi connectivity index (χ2n) is 9.49. The third kappa shape index (κ3) is 5.73. The van der Waals surface area contributed by atoms with Gasteiger partial charge >= 0.3 is 5.97 Å². The Balaban J connectivity index is 1.81. The second-order valence-corrected chi connectivity index (χ2v) is 9.93. The lowest BCUT2D eigenvalue weighted by molar-refractivity contribution is -0.147. The molecule has 0 aromatic heterocycles. The monoisotopic (exact) mass is 459 g/mol. The topological polar surface area (TPSA) is 76.4 Å². The van der Waals surface area contributed by atoms with E-state index in [1.165, 1.54) is 0 Å². The van der Waals surface area contributed by atoms with Gasteiger partial charge in [-0.2, -0.15) is 0 Å². The lowest BCUT2D eigenvalue weighted by Gasteiger charge is -2.38. The maximum Gasteiger partial charge on any atom is 0.309 e. The summed E-state index contributed by atoms with van der Waals surface area (Å²) >= 11 is 6.28. The van der Waals surface area contributed by atoms with Crippen LogP contribution in [0.5, 0.6) is 0 Å². The van der Waals surface area contributed by atoms with E-state index in [-0.39, 0.29) is 11.7 Å². The normalized spacial score (nSPS) is 23.0. The number of hydrogen-bond acceptors (Lipinski definition) is 4. The van der Waals surface area contributed by atoms with Crippen LogP contribution in [0.25, 0.3) is 0 Å². The quantitative estimate of drug-likeness (QED) is 0.471. The van der Waals surface area contributed by atoms with Crippen LogP contribution in [0.2, 0.25) is 5.02 Å². The number of aliphatic hydroxyl groups is 1. The molecular weight excluding hydrogens is 426 g/mol. The third-order valence-corrected chi connectivity index (χ3v) is 6.89. The molecule has 6 nitrogen and oxygen atoms in total. The highest BCUT2D eigenvalue weighted by Crippen LogP contribution is 2.31. The van der Waals surface area contributed by atoms with Gasteiger partial charge in [-0.05, 0) is 50.9 Å². The van der Waals surface area contributed by atoms with Gasteiger partial charge in [0, 0.05) is 42.7 Å². The molecule has 2 atom stereocenters. The maximum absolute atomic E-state index is 11.4. The lowest BCUT2D eigenvalue weighted by atomic mass is 9.88. The Kier molecular flexibility index (Phi) is 7.67. The van der Waals surface area contributed by atoms with Crippen LogP contribution in [0.4, 0.5) is 0 Å². The SMILES string of the molecule is CC1C=CC(O)=C(N=C(c2cccc(Cl)c2)N2CCN(CCC(C)(C)C(=O)O)CC2)C1C. The van der Waals surface area contributed by atoms with E-state index in [2.05, 4.69) is 23.6 Å². The number of rotatable bonds is 6. The second kappa shape index (κ2) is 10.1. The van der Waals surface area contributed by atoms with Crippen LogP contribution in [0.1, 0.15) is 39.7 Å². The predicted octanol–water partition coefficient (Wildman–Crippen LogP) is 4.82. The fraction of sp³-hybridized carbons (Fsp3) is 0.520. The molecule has 0 radical (unpaired) electrons. The Hall–Kier alpha value is -2.31. The van der Waals surface area contributed by atoms with Crippen molar-refractivity contribution in [2.24, 2.45) is 22.2 Å². The highest BCUT2D eigenvalue weighted by molar-refractivity contribution is 6.31. The van der Waals surface area contributed by atoms with E-state index < -0.39 is 11.4 Å². The molecule has 1 saturated heterocycles. The molecule has 32 heavy (non-hydrogen) atoms. The fourth-order valence-corrected chi connectivity index (χ4v) is 4.11. The van der Waals surface area contributed by atoms with E-state index in [9.17, 15) is 15.0 Å². The number of nitrogens with zero attached hydrogens (tertiary/aromatic N) is 3.